The average Bonchev–Trinajstić information content (AvgIpc) is 2.32. The highest BCUT2D eigenvalue weighted by Gasteiger charge is 2.12. The van der Waals surface area contributed by atoms with Gasteiger partial charge >= 0.3 is 0 Å². The number of hydrogen-bond acceptors (Lipinski definition) is 1. The van der Waals surface area contributed by atoms with Gasteiger partial charge in [-0.15, -0.1) is 0 Å². The van der Waals surface area contributed by atoms with Gasteiger partial charge in [0.25, 0.3) is 0 Å². The van der Waals surface area contributed by atoms with Gasteiger partial charge in [-0.25, -0.2) is 0 Å². The molecule has 96 valence electrons. The van der Waals surface area contributed by atoms with Gasteiger partial charge in [0, 0.05) is 4.47 Å². The van der Waals surface area contributed by atoms with Crippen molar-refractivity contribution in [3.05, 3.63) is 33.8 Å². The van der Waals surface area contributed by atoms with Crippen molar-refractivity contribution in [1.82, 2.24) is 0 Å². The zero-order chi connectivity index (χ0) is 12.8. The quantitative estimate of drug-likeness (QED) is 0.801. The Morgan fingerprint density at radius 3 is 2.35 bits per heavy atom. The number of rotatable bonds is 6. The maximum atomic E-state index is 5.61. The molecule has 1 atom stereocenters. The second-order valence-electron chi connectivity index (χ2n) is 4.77. The van der Waals surface area contributed by atoms with Crippen LogP contribution >= 0.6 is 15.9 Å². The Morgan fingerprint density at radius 2 is 1.88 bits per heavy atom. The molecule has 0 saturated carbocycles. The normalized spacial score (nSPS) is 13.1. The van der Waals surface area contributed by atoms with Crippen molar-refractivity contribution in [2.75, 3.05) is 6.54 Å². The fourth-order valence-corrected chi connectivity index (χ4v) is 3.05. The fraction of sp³-hybridized carbons (Fsp3) is 0.600. The third-order valence-corrected chi connectivity index (χ3v) is 4.31. The molecular weight excluding hydrogens is 274 g/mol. The summed E-state index contributed by atoms with van der Waals surface area (Å²) < 4.78 is 1.26. The van der Waals surface area contributed by atoms with E-state index in [-0.39, 0.29) is 0 Å². The van der Waals surface area contributed by atoms with Crippen molar-refractivity contribution >= 4 is 15.9 Å². The lowest BCUT2D eigenvalue weighted by Gasteiger charge is -2.17. The minimum Gasteiger partial charge on any atom is -0.330 e. The van der Waals surface area contributed by atoms with Crippen LogP contribution in [-0.4, -0.2) is 6.54 Å². The highest BCUT2D eigenvalue weighted by atomic mass is 79.9. The predicted molar refractivity (Wildman–Crippen MR) is 79.6 cm³/mol. The Morgan fingerprint density at radius 1 is 1.24 bits per heavy atom. The second kappa shape index (κ2) is 7.17. The van der Waals surface area contributed by atoms with Gasteiger partial charge < -0.3 is 5.73 Å². The van der Waals surface area contributed by atoms with E-state index < -0.39 is 0 Å². The van der Waals surface area contributed by atoms with Crippen LogP contribution in [0.25, 0.3) is 0 Å². The van der Waals surface area contributed by atoms with E-state index in [0.717, 1.165) is 13.0 Å². The summed E-state index contributed by atoms with van der Waals surface area (Å²) in [6.45, 7) is 7.51. The average molecular weight is 298 g/mol. The Bertz CT molecular complexity index is 345. The standard InChI is InChI=1S/C15H24BrN/c1-4-12(5-2)14-7-6-13(10-15(14)16)11(3)8-9-17/h6-7,10-12H,4-5,8-9,17H2,1-3H3. The maximum Gasteiger partial charge on any atom is 0.0212 e. The molecule has 0 radical (unpaired) electrons. The molecule has 0 heterocycles. The summed E-state index contributed by atoms with van der Waals surface area (Å²) in [7, 11) is 0. The van der Waals surface area contributed by atoms with Gasteiger partial charge in [-0.3, -0.25) is 0 Å². The zero-order valence-electron chi connectivity index (χ0n) is 11.2. The molecular formula is C15H24BrN. The lowest BCUT2D eigenvalue weighted by molar-refractivity contribution is 0.637. The molecule has 2 heteroatoms. The van der Waals surface area contributed by atoms with Gasteiger partial charge in [0.1, 0.15) is 0 Å². The molecule has 17 heavy (non-hydrogen) atoms. The summed E-state index contributed by atoms with van der Waals surface area (Å²) in [5, 5.41) is 0. The van der Waals surface area contributed by atoms with E-state index in [4.69, 9.17) is 5.73 Å². The van der Waals surface area contributed by atoms with Gasteiger partial charge in [-0.2, -0.15) is 0 Å². The molecule has 0 bridgehead atoms. The van der Waals surface area contributed by atoms with Crippen molar-refractivity contribution < 1.29 is 0 Å². The van der Waals surface area contributed by atoms with Crippen molar-refractivity contribution in [3.63, 3.8) is 0 Å². The number of nitrogens with two attached hydrogens (primary N) is 1. The lowest BCUT2D eigenvalue weighted by atomic mass is 9.90. The Labute approximate surface area is 114 Å². The molecule has 1 nitrogen and oxygen atoms in total. The van der Waals surface area contributed by atoms with Crippen LogP contribution in [0.1, 0.15) is 63.0 Å². The summed E-state index contributed by atoms with van der Waals surface area (Å²) in [4.78, 5) is 0. The lowest BCUT2D eigenvalue weighted by Crippen LogP contribution is -2.05. The van der Waals surface area contributed by atoms with Crippen LogP contribution in [0.2, 0.25) is 0 Å². The molecule has 1 aromatic carbocycles. The Balaban J connectivity index is 2.92. The molecule has 0 aliphatic rings. The zero-order valence-corrected chi connectivity index (χ0v) is 12.8. The third kappa shape index (κ3) is 3.82. The highest BCUT2D eigenvalue weighted by Crippen LogP contribution is 2.32. The molecule has 0 amide bonds. The molecule has 0 aliphatic carbocycles. The van der Waals surface area contributed by atoms with Crippen molar-refractivity contribution in [3.8, 4) is 0 Å². The number of hydrogen-bond donors (Lipinski definition) is 1. The summed E-state index contributed by atoms with van der Waals surface area (Å²) in [5.74, 6) is 1.22. The first kappa shape index (κ1) is 14.7. The molecule has 0 spiro atoms. The van der Waals surface area contributed by atoms with Gasteiger partial charge in [-0.05, 0) is 54.8 Å². The smallest absolute Gasteiger partial charge is 0.0212 e. The van der Waals surface area contributed by atoms with E-state index in [1.165, 1.54) is 28.4 Å². The second-order valence-corrected chi connectivity index (χ2v) is 5.63. The molecule has 1 rings (SSSR count). The number of benzene rings is 1. The van der Waals surface area contributed by atoms with E-state index in [9.17, 15) is 0 Å². The molecule has 0 fully saturated rings. The minimum atomic E-state index is 0.548. The summed E-state index contributed by atoms with van der Waals surface area (Å²) in [5.41, 5.74) is 8.44. The van der Waals surface area contributed by atoms with Crippen LogP contribution in [-0.2, 0) is 0 Å². The Kier molecular flexibility index (Phi) is 6.21. The molecule has 2 N–H and O–H groups in total. The van der Waals surface area contributed by atoms with Gasteiger partial charge in [0.05, 0.1) is 0 Å². The Hall–Kier alpha value is -0.340. The van der Waals surface area contributed by atoms with Crippen molar-refractivity contribution in [1.29, 1.82) is 0 Å². The third-order valence-electron chi connectivity index (χ3n) is 3.62. The van der Waals surface area contributed by atoms with Crippen LogP contribution in [0, 0.1) is 0 Å². The first-order valence-electron chi connectivity index (χ1n) is 6.63. The van der Waals surface area contributed by atoms with E-state index in [2.05, 4.69) is 54.9 Å². The van der Waals surface area contributed by atoms with E-state index >= 15 is 0 Å². The van der Waals surface area contributed by atoms with Gasteiger partial charge in [-0.1, -0.05) is 48.8 Å². The van der Waals surface area contributed by atoms with Crippen LogP contribution in [0.4, 0.5) is 0 Å². The minimum absolute atomic E-state index is 0.548. The monoisotopic (exact) mass is 297 g/mol. The first-order valence-corrected chi connectivity index (χ1v) is 7.42. The van der Waals surface area contributed by atoms with Gasteiger partial charge in [0.15, 0.2) is 0 Å². The van der Waals surface area contributed by atoms with Crippen molar-refractivity contribution in [2.24, 2.45) is 5.73 Å². The highest BCUT2D eigenvalue weighted by molar-refractivity contribution is 9.10. The topological polar surface area (TPSA) is 26.0 Å². The van der Waals surface area contributed by atoms with Crippen LogP contribution in [0.5, 0.6) is 0 Å². The maximum absolute atomic E-state index is 5.61. The van der Waals surface area contributed by atoms with Crippen molar-refractivity contribution in [2.45, 2.75) is 51.9 Å². The van der Waals surface area contributed by atoms with Crippen LogP contribution in [0.15, 0.2) is 22.7 Å². The largest absolute Gasteiger partial charge is 0.330 e. The summed E-state index contributed by atoms with van der Waals surface area (Å²) in [6, 6.07) is 6.82. The summed E-state index contributed by atoms with van der Waals surface area (Å²) >= 11 is 3.72. The molecule has 0 saturated heterocycles. The molecule has 0 aromatic heterocycles. The molecule has 0 aliphatic heterocycles. The SMILES string of the molecule is CCC(CC)c1ccc(C(C)CCN)cc1Br. The van der Waals surface area contributed by atoms with E-state index in [0.29, 0.717) is 11.8 Å². The molecule has 1 unspecified atom stereocenters. The molecule has 1 aromatic rings. The number of halogens is 1. The van der Waals surface area contributed by atoms with Crippen LogP contribution in [0.3, 0.4) is 0 Å². The first-order chi connectivity index (χ1) is 8.13. The van der Waals surface area contributed by atoms with E-state index in [1.54, 1.807) is 0 Å². The van der Waals surface area contributed by atoms with Gasteiger partial charge in [0.2, 0.25) is 0 Å². The van der Waals surface area contributed by atoms with Crippen LogP contribution < -0.4 is 5.73 Å². The fourth-order valence-electron chi connectivity index (χ4n) is 2.33. The summed E-state index contributed by atoms with van der Waals surface area (Å²) in [6.07, 6.45) is 3.45. The predicted octanol–water partition coefficient (Wildman–Crippen LogP) is 4.81. The van der Waals surface area contributed by atoms with E-state index in [1.807, 2.05) is 0 Å².